The van der Waals surface area contributed by atoms with Crippen molar-refractivity contribution in [1.82, 2.24) is 0 Å². The molecule has 1 fully saturated rings. The number of rotatable bonds is 4. The summed E-state index contributed by atoms with van der Waals surface area (Å²) in [6.07, 6.45) is 0.542. The van der Waals surface area contributed by atoms with Crippen LogP contribution in [0.25, 0.3) is 0 Å². The number of ether oxygens (including phenoxy) is 2. The van der Waals surface area contributed by atoms with Gasteiger partial charge in [-0.2, -0.15) is 0 Å². The van der Waals surface area contributed by atoms with Crippen LogP contribution in [0.15, 0.2) is 12.1 Å². The van der Waals surface area contributed by atoms with E-state index >= 15 is 0 Å². The van der Waals surface area contributed by atoms with Gasteiger partial charge in [0.1, 0.15) is 0 Å². The van der Waals surface area contributed by atoms with E-state index in [1.54, 1.807) is 13.0 Å². The van der Waals surface area contributed by atoms with Gasteiger partial charge >= 0.3 is 5.97 Å². The largest absolute Gasteiger partial charge is 0.465 e. The fraction of sp³-hybridized carbons (Fsp3) is 0.538. The molecule has 0 aliphatic carbocycles. The summed E-state index contributed by atoms with van der Waals surface area (Å²) in [4.78, 5) is 25.3. The van der Waals surface area contributed by atoms with E-state index in [0.29, 0.717) is 17.4 Å². The molecular formula is C13H15ClO4S. The van der Waals surface area contributed by atoms with E-state index in [0.717, 1.165) is 4.88 Å². The lowest BCUT2D eigenvalue weighted by Crippen LogP contribution is -2.49. The van der Waals surface area contributed by atoms with Crippen LogP contribution in [0.3, 0.4) is 0 Å². The molecule has 4 nitrogen and oxygen atoms in total. The second-order valence-electron chi connectivity index (χ2n) is 4.41. The molecule has 2 rings (SSSR count). The summed E-state index contributed by atoms with van der Waals surface area (Å²) in [5, 5.41) is 0. The number of carbonyl (C=O) groups is 2. The highest BCUT2D eigenvalue weighted by atomic mass is 35.5. The molecule has 2 heterocycles. The van der Waals surface area contributed by atoms with Gasteiger partial charge in [-0.3, -0.25) is 9.59 Å². The van der Waals surface area contributed by atoms with E-state index in [2.05, 4.69) is 0 Å². The molecule has 0 amide bonds. The number of thiophene rings is 1. The van der Waals surface area contributed by atoms with Gasteiger partial charge in [0.05, 0.1) is 24.2 Å². The maximum Gasteiger partial charge on any atom is 0.322 e. The van der Waals surface area contributed by atoms with E-state index in [1.165, 1.54) is 11.3 Å². The van der Waals surface area contributed by atoms with Crippen molar-refractivity contribution in [2.24, 2.45) is 5.41 Å². The summed E-state index contributed by atoms with van der Waals surface area (Å²) in [5.74, 6) is -0.606. The van der Waals surface area contributed by atoms with Crippen molar-refractivity contribution >= 4 is 34.7 Å². The van der Waals surface area contributed by atoms with Crippen molar-refractivity contribution in [3.05, 3.63) is 21.3 Å². The first-order valence-corrected chi connectivity index (χ1v) is 7.30. The van der Waals surface area contributed by atoms with Gasteiger partial charge < -0.3 is 9.47 Å². The fourth-order valence-electron chi connectivity index (χ4n) is 2.14. The first-order valence-electron chi connectivity index (χ1n) is 6.11. The number of hydrogen-bond acceptors (Lipinski definition) is 5. The molecule has 6 heteroatoms. The molecule has 1 aliphatic rings. The van der Waals surface area contributed by atoms with Crippen LogP contribution in [0, 0.1) is 5.41 Å². The van der Waals surface area contributed by atoms with Gasteiger partial charge in [-0.1, -0.05) is 11.6 Å². The molecule has 1 aliphatic heterocycles. The van der Waals surface area contributed by atoms with Gasteiger partial charge in [0.15, 0.2) is 11.2 Å². The molecule has 0 N–H and O–H groups in total. The number of hydrogen-bond donors (Lipinski definition) is 0. The number of esters is 1. The molecule has 104 valence electrons. The van der Waals surface area contributed by atoms with Gasteiger partial charge in [0.25, 0.3) is 0 Å². The lowest BCUT2D eigenvalue weighted by molar-refractivity contribution is -0.169. The van der Waals surface area contributed by atoms with Crippen LogP contribution in [0.2, 0.25) is 4.34 Å². The van der Waals surface area contributed by atoms with Crippen LogP contribution in [0.5, 0.6) is 0 Å². The summed E-state index contributed by atoms with van der Waals surface area (Å²) >= 11 is 7.25. The molecular weight excluding hydrogens is 288 g/mol. The third-order valence-electron chi connectivity index (χ3n) is 3.13. The first kappa shape index (κ1) is 14.5. The third kappa shape index (κ3) is 2.99. The van der Waals surface area contributed by atoms with Crippen molar-refractivity contribution in [3.8, 4) is 0 Å². The summed E-state index contributed by atoms with van der Waals surface area (Å²) in [6, 6.07) is 3.59. The molecule has 0 saturated carbocycles. The van der Waals surface area contributed by atoms with E-state index in [1.807, 2.05) is 6.07 Å². The zero-order valence-corrected chi connectivity index (χ0v) is 12.2. The van der Waals surface area contributed by atoms with Gasteiger partial charge in [0, 0.05) is 17.7 Å². The molecule has 19 heavy (non-hydrogen) atoms. The summed E-state index contributed by atoms with van der Waals surface area (Å²) in [7, 11) is 0. The van der Waals surface area contributed by atoms with Gasteiger partial charge in [-0.25, -0.2) is 0 Å². The maximum atomic E-state index is 12.2. The standard InChI is InChI=1S/C13H15ClO4S/c1-2-18-12(16)13(8-17-6-5-10(13)15)7-9-3-4-11(14)19-9/h3-4H,2,5-8H2,1H3. The first-order chi connectivity index (χ1) is 9.08. The highest BCUT2D eigenvalue weighted by Crippen LogP contribution is 2.34. The minimum atomic E-state index is -1.21. The lowest BCUT2D eigenvalue weighted by Gasteiger charge is -2.32. The Morgan fingerprint density at radius 1 is 1.58 bits per heavy atom. The monoisotopic (exact) mass is 302 g/mol. The molecule has 1 aromatic heterocycles. The minimum Gasteiger partial charge on any atom is -0.465 e. The minimum absolute atomic E-state index is 0.0835. The van der Waals surface area contributed by atoms with Crippen LogP contribution < -0.4 is 0 Å². The van der Waals surface area contributed by atoms with Crippen LogP contribution in [-0.2, 0) is 25.5 Å². The normalized spacial score (nSPS) is 23.4. The zero-order chi connectivity index (χ0) is 13.9. The van der Waals surface area contributed by atoms with Crippen LogP contribution in [0.4, 0.5) is 0 Å². The zero-order valence-electron chi connectivity index (χ0n) is 10.6. The van der Waals surface area contributed by atoms with Crippen LogP contribution in [-0.4, -0.2) is 31.6 Å². The van der Waals surface area contributed by atoms with E-state index in [9.17, 15) is 9.59 Å². The Hall–Kier alpha value is -0.910. The summed E-state index contributed by atoms with van der Waals surface area (Å²) in [6.45, 7) is 2.42. The molecule has 0 spiro atoms. The average molecular weight is 303 g/mol. The molecule has 1 atom stereocenters. The van der Waals surface area contributed by atoms with Crippen molar-refractivity contribution in [2.45, 2.75) is 19.8 Å². The average Bonchev–Trinajstić information content (AvgIpc) is 2.78. The lowest BCUT2D eigenvalue weighted by atomic mass is 9.78. The third-order valence-corrected chi connectivity index (χ3v) is 4.36. The summed E-state index contributed by atoms with van der Waals surface area (Å²) < 4.78 is 11.1. The Bertz CT molecular complexity index is 485. The maximum absolute atomic E-state index is 12.2. The van der Waals surface area contributed by atoms with Gasteiger partial charge in [-0.05, 0) is 19.1 Å². The Balaban J connectivity index is 2.27. The molecule has 0 aromatic carbocycles. The quantitative estimate of drug-likeness (QED) is 0.633. The Labute approximate surface area is 120 Å². The molecule has 1 saturated heterocycles. The predicted octanol–water partition coefficient (Wildman–Crippen LogP) is 2.48. The summed E-state index contributed by atoms with van der Waals surface area (Å²) in [5.41, 5.74) is -1.21. The van der Waals surface area contributed by atoms with Gasteiger partial charge in [0.2, 0.25) is 0 Å². The number of carbonyl (C=O) groups excluding carboxylic acids is 2. The smallest absolute Gasteiger partial charge is 0.322 e. The molecule has 0 radical (unpaired) electrons. The van der Waals surface area contributed by atoms with E-state index < -0.39 is 11.4 Å². The molecule has 1 unspecified atom stereocenters. The highest BCUT2D eigenvalue weighted by molar-refractivity contribution is 7.16. The van der Waals surface area contributed by atoms with Crippen molar-refractivity contribution in [3.63, 3.8) is 0 Å². The van der Waals surface area contributed by atoms with E-state index in [-0.39, 0.29) is 25.4 Å². The number of Topliss-reactive ketones (excluding diaryl/α,β-unsaturated/α-hetero) is 1. The molecule has 1 aromatic rings. The van der Waals surface area contributed by atoms with Crippen molar-refractivity contribution < 1.29 is 19.1 Å². The van der Waals surface area contributed by atoms with Crippen molar-refractivity contribution in [1.29, 1.82) is 0 Å². The SMILES string of the molecule is CCOC(=O)C1(Cc2ccc(Cl)s2)COCCC1=O. The van der Waals surface area contributed by atoms with Gasteiger partial charge in [-0.15, -0.1) is 11.3 Å². The number of ketones is 1. The van der Waals surface area contributed by atoms with Crippen LogP contribution >= 0.6 is 22.9 Å². The second kappa shape index (κ2) is 6.03. The van der Waals surface area contributed by atoms with Crippen LogP contribution in [0.1, 0.15) is 18.2 Å². The Kier molecular flexibility index (Phi) is 4.60. The topological polar surface area (TPSA) is 52.6 Å². The fourth-order valence-corrected chi connectivity index (χ4v) is 3.34. The van der Waals surface area contributed by atoms with E-state index in [4.69, 9.17) is 21.1 Å². The highest BCUT2D eigenvalue weighted by Gasteiger charge is 2.49. The van der Waals surface area contributed by atoms with Crippen molar-refractivity contribution in [2.75, 3.05) is 19.8 Å². The predicted molar refractivity (Wildman–Crippen MR) is 72.5 cm³/mol. The second-order valence-corrected chi connectivity index (χ2v) is 6.21. The molecule has 0 bridgehead atoms. The Morgan fingerprint density at radius 3 is 2.95 bits per heavy atom. The number of halogens is 1. The Morgan fingerprint density at radius 2 is 2.37 bits per heavy atom.